The van der Waals surface area contributed by atoms with Crippen LogP contribution in [0.15, 0.2) is 0 Å². The molecule has 0 heterocycles. The van der Waals surface area contributed by atoms with Crippen molar-refractivity contribution in [1.82, 2.24) is 0 Å². The van der Waals surface area contributed by atoms with Crippen LogP contribution in [-0.4, -0.2) is 0 Å². The summed E-state index contributed by atoms with van der Waals surface area (Å²) in [5.74, 6) is 0. The molecule has 0 aliphatic heterocycles. The Hall–Kier alpha value is 0.530. The van der Waals surface area contributed by atoms with Gasteiger partial charge in [-0.25, -0.2) is 0 Å². The van der Waals surface area contributed by atoms with Crippen LogP contribution in [0.1, 0.15) is 0 Å². The van der Waals surface area contributed by atoms with E-state index in [-0.39, 0.29) is 18.3 Å². The van der Waals surface area contributed by atoms with Crippen molar-refractivity contribution < 1.29 is 44.1 Å². The van der Waals surface area contributed by atoms with Crippen molar-refractivity contribution in [3.05, 3.63) is 0 Å². The van der Waals surface area contributed by atoms with Gasteiger partial charge in [0, 0.05) is 0 Å². The topological polar surface area (TPSA) is 51.2 Å². The summed E-state index contributed by atoms with van der Waals surface area (Å²) in [6.07, 6.45) is 0. The Morgan fingerprint density at radius 3 is 1.20 bits per heavy atom. The van der Waals surface area contributed by atoms with Gasteiger partial charge in [-0.05, 0) is 0 Å². The van der Waals surface area contributed by atoms with E-state index in [9.17, 15) is 0 Å². The first kappa shape index (κ1) is 9.11. The summed E-state index contributed by atoms with van der Waals surface area (Å²) < 4.78 is 25.1. The summed E-state index contributed by atoms with van der Waals surface area (Å²) in [5, 5.41) is 0. The third-order valence-electron chi connectivity index (χ3n) is 0. The number of hydrogen-bond acceptors (Lipinski definition) is 3. The summed E-state index contributed by atoms with van der Waals surface area (Å²) in [5.41, 5.74) is 0. The van der Waals surface area contributed by atoms with E-state index in [1.54, 1.807) is 0 Å². The van der Waals surface area contributed by atoms with E-state index in [2.05, 4.69) is 0 Å². The Kier molecular flexibility index (Phi) is 43.9. The van der Waals surface area contributed by atoms with Crippen molar-refractivity contribution in [3.63, 3.8) is 0 Å². The SMILES string of the molecule is [O]=[Co]=[O].[O]=[Zn]. The Morgan fingerprint density at radius 2 is 1.20 bits per heavy atom. The Morgan fingerprint density at radius 1 is 1.20 bits per heavy atom. The summed E-state index contributed by atoms with van der Waals surface area (Å²) >= 11 is -0.938. The Bertz CT molecular complexity index is 36.2. The molecule has 0 aromatic carbocycles. The minimum absolute atomic E-state index is 0.125. The normalized spacial score (nSPS) is 4.40. The van der Waals surface area contributed by atoms with Gasteiger partial charge in [0.2, 0.25) is 0 Å². The van der Waals surface area contributed by atoms with Crippen LogP contribution in [0.5, 0.6) is 0 Å². The Labute approximate surface area is 44.4 Å². The van der Waals surface area contributed by atoms with Gasteiger partial charge in [0.1, 0.15) is 0 Å². The van der Waals surface area contributed by atoms with Gasteiger partial charge in [0.15, 0.2) is 0 Å². The minimum atomic E-state index is -1.06. The van der Waals surface area contributed by atoms with Crippen molar-refractivity contribution in [1.29, 1.82) is 0 Å². The molecule has 0 N–H and O–H groups in total. The monoisotopic (exact) mass is 171 g/mol. The van der Waals surface area contributed by atoms with Crippen molar-refractivity contribution in [2.24, 2.45) is 0 Å². The van der Waals surface area contributed by atoms with Gasteiger partial charge in [-0.1, -0.05) is 0 Å². The maximum absolute atomic E-state index is 8.38. The second-order valence-corrected chi connectivity index (χ2v) is 0.229. The zero-order valence-electron chi connectivity index (χ0n) is 2.27. The first-order chi connectivity index (χ1) is 2.41. The molecule has 0 aromatic heterocycles. The van der Waals surface area contributed by atoms with Gasteiger partial charge in [-0.2, -0.15) is 0 Å². The summed E-state index contributed by atoms with van der Waals surface area (Å²) in [6, 6.07) is 0. The van der Waals surface area contributed by atoms with Crippen LogP contribution in [0.2, 0.25) is 0 Å². The molecule has 0 aliphatic carbocycles. The first-order valence-electron chi connectivity index (χ1n) is 0.561. The third-order valence-corrected chi connectivity index (χ3v) is 0. The van der Waals surface area contributed by atoms with Crippen molar-refractivity contribution in [2.75, 3.05) is 0 Å². The number of hydrogen-bond donors (Lipinski definition) is 0. The molecule has 0 radical (unpaired) electrons. The van der Waals surface area contributed by atoms with Gasteiger partial charge < -0.3 is 0 Å². The van der Waals surface area contributed by atoms with E-state index >= 15 is 0 Å². The van der Waals surface area contributed by atoms with E-state index in [1.807, 2.05) is 0 Å². The van der Waals surface area contributed by atoms with E-state index < -0.39 is 14.6 Å². The van der Waals surface area contributed by atoms with Gasteiger partial charge in [-0.15, -0.1) is 0 Å². The van der Waals surface area contributed by atoms with Crippen LogP contribution in [-0.2, 0) is 44.1 Å². The predicted molar refractivity (Wildman–Crippen MR) is 2.06 cm³/mol. The molecule has 0 saturated heterocycles. The fourth-order valence-corrected chi connectivity index (χ4v) is 0. The average Bonchev–Trinajstić information content (AvgIpc) is 1.46. The second kappa shape index (κ2) is 24.1. The molecule has 0 bridgehead atoms. The molecule has 0 aromatic rings. The van der Waals surface area contributed by atoms with Gasteiger partial charge >= 0.3 is 44.1 Å². The molecule has 5 heavy (non-hydrogen) atoms. The molecule has 0 rings (SSSR count). The summed E-state index contributed by atoms with van der Waals surface area (Å²) in [7, 11) is 0. The van der Waals surface area contributed by atoms with E-state index in [1.165, 1.54) is 0 Å². The molecule has 0 atom stereocenters. The van der Waals surface area contributed by atoms with Gasteiger partial charge in [-0.3, -0.25) is 0 Å². The molecular weight excluding hydrogens is 172 g/mol. The molecule has 3 nitrogen and oxygen atoms in total. The van der Waals surface area contributed by atoms with Crippen LogP contribution in [0, 0.1) is 0 Å². The van der Waals surface area contributed by atoms with Crippen molar-refractivity contribution >= 4 is 0 Å². The van der Waals surface area contributed by atoms with E-state index in [4.69, 9.17) is 11.3 Å². The average molecular weight is 172 g/mol. The fourth-order valence-electron chi connectivity index (χ4n) is 0. The molecule has 0 spiro atoms. The summed E-state index contributed by atoms with van der Waals surface area (Å²) in [4.78, 5) is 0. The fraction of sp³-hybridized carbons (Fsp3) is 0. The zero-order chi connectivity index (χ0) is 4.71. The van der Waals surface area contributed by atoms with Gasteiger partial charge in [0.05, 0.1) is 0 Å². The summed E-state index contributed by atoms with van der Waals surface area (Å²) in [6.45, 7) is 0. The van der Waals surface area contributed by atoms with Crippen molar-refractivity contribution in [3.8, 4) is 0 Å². The zero-order valence-corrected chi connectivity index (χ0v) is 6.27. The quantitative estimate of drug-likeness (QED) is 0.469. The molecule has 0 unspecified atom stereocenters. The number of rotatable bonds is 0. The first-order valence-corrected chi connectivity index (χ1v) is 2.62. The van der Waals surface area contributed by atoms with E-state index in [0.717, 1.165) is 0 Å². The van der Waals surface area contributed by atoms with Gasteiger partial charge in [0.25, 0.3) is 0 Å². The molecule has 5 heteroatoms. The van der Waals surface area contributed by atoms with Crippen LogP contribution < -0.4 is 0 Å². The van der Waals surface area contributed by atoms with Crippen LogP contribution in [0.3, 0.4) is 0 Å². The van der Waals surface area contributed by atoms with Crippen molar-refractivity contribution in [2.45, 2.75) is 0 Å². The standard InChI is InChI=1S/Co.3O.Zn. The maximum atomic E-state index is 8.38. The van der Waals surface area contributed by atoms with Crippen LogP contribution >= 0.6 is 0 Å². The predicted octanol–water partition coefficient (Wildman–Crippen LogP) is -0.361. The second-order valence-electron chi connectivity index (χ2n) is 0.0556. The molecule has 0 aliphatic rings. The molecule has 0 fully saturated rings. The molecular formula is CoO3Zn. The Balaban J connectivity index is 0. The van der Waals surface area contributed by atoms with E-state index in [0.29, 0.717) is 0 Å². The molecule has 29 valence electrons. The molecule has 0 amide bonds. The molecule has 0 saturated carbocycles. The third kappa shape index (κ3) is 103. The van der Waals surface area contributed by atoms with Crippen LogP contribution in [0.25, 0.3) is 0 Å². The van der Waals surface area contributed by atoms with Crippen LogP contribution in [0.4, 0.5) is 0 Å².